The topological polar surface area (TPSA) is 93.0 Å². The number of aromatic amines is 1. The number of fused-ring (bicyclic) bond motifs is 1. The van der Waals surface area contributed by atoms with Crippen LogP contribution in [-0.2, 0) is 4.79 Å². The van der Waals surface area contributed by atoms with Crippen LogP contribution in [0.25, 0.3) is 10.9 Å². The van der Waals surface area contributed by atoms with Gasteiger partial charge in [0.25, 0.3) is 0 Å². The van der Waals surface area contributed by atoms with Crippen LogP contribution in [0.5, 0.6) is 5.75 Å². The Bertz CT molecular complexity index is 828. The lowest BCUT2D eigenvalue weighted by Crippen LogP contribution is -2.27. The highest BCUT2D eigenvalue weighted by Gasteiger charge is 2.19. The molecule has 0 saturated heterocycles. The average Bonchev–Trinajstić information content (AvgIpc) is 3.03. The van der Waals surface area contributed by atoms with Crippen LogP contribution in [0.4, 0.5) is 5.69 Å². The van der Waals surface area contributed by atoms with E-state index in [4.69, 9.17) is 10.5 Å². The molecule has 3 aromatic rings. The second-order valence-corrected chi connectivity index (χ2v) is 5.23. The summed E-state index contributed by atoms with van der Waals surface area (Å²) in [5.41, 5.74) is 8.27. The van der Waals surface area contributed by atoms with Gasteiger partial charge in [-0.2, -0.15) is 5.10 Å². The number of nitrogens with zero attached hydrogens (tertiary/aromatic N) is 1. The van der Waals surface area contributed by atoms with Gasteiger partial charge in [-0.15, -0.1) is 0 Å². The Kier molecular flexibility index (Phi) is 4.25. The summed E-state index contributed by atoms with van der Waals surface area (Å²) in [5.74, 6) is 0.113. The number of aromatic nitrogens is 2. The number of anilines is 1. The molecule has 1 amide bonds. The summed E-state index contributed by atoms with van der Waals surface area (Å²) in [6, 6.07) is 13.0. The Morgan fingerprint density at radius 3 is 3.00 bits per heavy atom. The van der Waals surface area contributed by atoms with Crippen LogP contribution in [-0.4, -0.2) is 29.8 Å². The minimum Gasteiger partial charge on any atom is -0.497 e. The largest absolute Gasteiger partial charge is 0.497 e. The van der Waals surface area contributed by atoms with E-state index in [1.807, 2.05) is 42.5 Å². The van der Waals surface area contributed by atoms with E-state index in [9.17, 15) is 4.79 Å². The number of nitrogens with two attached hydrogens (primary N) is 1. The number of rotatable bonds is 5. The molecule has 1 atom stereocenters. The number of H-pyrrole nitrogens is 1. The Morgan fingerprint density at radius 2 is 2.22 bits per heavy atom. The van der Waals surface area contributed by atoms with Gasteiger partial charge in [0, 0.05) is 17.6 Å². The minimum atomic E-state index is -0.440. The monoisotopic (exact) mass is 310 g/mol. The summed E-state index contributed by atoms with van der Waals surface area (Å²) in [4.78, 5) is 12.6. The molecule has 0 saturated carbocycles. The van der Waals surface area contributed by atoms with Gasteiger partial charge in [-0.05, 0) is 35.9 Å². The molecule has 6 nitrogen and oxygen atoms in total. The zero-order valence-electron chi connectivity index (χ0n) is 12.7. The highest BCUT2D eigenvalue weighted by atomic mass is 16.5. The third kappa shape index (κ3) is 3.17. The molecule has 0 aliphatic heterocycles. The molecule has 1 aromatic heterocycles. The zero-order valence-corrected chi connectivity index (χ0v) is 12.7. The number of ether oxygens (including phenoxy) is 1. The van der Waals surface area contributed by atoms with Gasteiger partial charge in [0.15, 0.2) is 0 Å². The normalized spacial score (nSPS) is 12.1. The minimum absolute atomic E-state index is 0.149. The number of amides is 1. The summed E-state index contributed by atoms with van der Waals surface area (Å²) >= 11 is 0. The maximum absolute atomic E-state index is 12.6. The first-order chi connectivity index (χ1) is 11.2. The molecule has 1 unspecified atom stereocenters. The highest BCUT2D eigenvalue weighted by Crippen LogP contribution is 2.23. The van der Waals surface area contributed by atoms with E-state index in [0.717, 1.165) is 16.5 Å². The lowest BCUT2D eigenvalue weighted by Gasteiger charge is -2.16. The molecule has 0 aliphatic carbocycles. The molecule has 2 aromatic carbocycles. The van der Waals surface area contributed by atoms with Gasteiger partial charge >= 0.3 is 0 Å². The molecule has 0 spiro atoms. The molecule has 6 heteroatoms. The van der Waals surface area contributed by atoms with Crippen molar-refractivity contribution >= 4 is 22.5 Å². The Labute approximate surface area is 133 Å². The third-order valence-corrected chi connectivity index (χ3v) is 3.76. The molecule has 0 radical (unpaired) electrons. The lowest BCUT2D eigenvalue weighted by atomic mass is 9.98. The Balaban J connectivity index is 1.81. The van der Waals surface area contributed by atoms with Crippen LogP contribution in [0, 0.1) is 0 Å². The summed E-state index contributed by atoms with van der Waals surface area (Å²) in [6.07, 6.45) is 1.72. The van der Waals surface area contributed by atoms with Crippen molar-refractivity contribution in [3.63, 3.8) is 0 Å². The van der Waals surface area contributed by atoms with E-state index in [1.54, 1.807) is 13.3 Å². The molecule has 0 aliphatic rings. The molecular weight excluding hydrogens is 292 g/mol. The predicted molar refractivity (Wildman–Crippen MR) is 89.5 cm³/mol. The van der Waals surface area contributed by atoms with Gasteiger partial charge in [-0.25, -0.2) is 0 Å². The van der Waals surface area contributed by atoms with Crippen LogP contribution < -0.4 is 15.8 Å². The van der Waals surface area contributed by atoms with E-state index >= 15 is 0 Å². The van der Waals surface area contributed by atoms with Crippen molar-refractivity contribution in [2.45, 2.75) is 5.92 Å². The molecule has 23 heavy (non-hydrogen) atoms. The summed E-state index contributed by atoms with van der Waals surface area (Å²) in [6.45, 7) is 0.215. The maximum atomic E-state index is 12.6. The molecule has 3 rings (SSSR count). The van der Waals surface area contributed by atoms with Crippen molar-refractivity contribution in [1.82, 2.24) is 10.2 Å². The van der Waals surface area contributed by atoms with Crippen molar-refractivity contribution in [3.05, 3.63) is 54.2 Å². The van der Waals surface area contributed by atoms with Gasteiger partial charge < -0.3 is 15.8 Å². The fourth-order valence-electron chi connectivity index (χ4n) is 2.50. The van der Waals surface area contributed by atoms with E-state index < -0.39 is 5.92 Å². The van der Waals surface area contributed by atoms with Crippen LogP contribution in [0.1, 0.15) is 11.5 Å². The first-order valence-electron chi connectivity index (χ1n) is 7.29. The second kappa shape index (κ2) is 6.50. The van der Waals surface area contributed by atoms with Crippen molar-refractivity contribution < 1.29 is 9.53 Å². The predicted octanol–water partition coefficient (Wildman–Crippen LogP) is 2.25. The Hall–Kier alpha value is -2.86. The van der Waals surface area contributed by atoms with Crippen molar-refractivity contribution in [3.8, 4) is 5.75 Å². The first kappa shape index (κ1) is 15.1. The molecule has 1 heterocycles. The number of hydrogen-bond acceptors (Lipinski definition) is 4. The fourth-order valence-corrected chi connectivity index (χ4v) is 2.50. The van der Waals surface area contributed by atoms with Gasteiger partial charge in [0.05, 0.1) is 24.7 Å². The smallest absolute Gasteiger partial charge is 0.233 e. The van der Waals surface area contributed by atoms with Gasteiger partial charge in [0.2, 0.25) is 5.91 Å². The first-order valence-corrected chi connectivity index (χ1v) is 7.29. The molecular formula is C17H18N4O2. The number of benzene rings is 2. The third-order valence-electron chi connectivity index (χ3n) is 3.76. The van der Waals surface area contributed by atoms with Gasteiger partial charge in [-0.3, -0.25) is 9.89 Å². The van der Waals surface area contributed by atoms with Crippen LogP contribution >= 0.6 is 0 Å². The summed E-state index contributed by atoms with van der Waals surface area (Å²) in [7, 11) is 1.59. The standard InChI is InChI=1S/C17H18N4O2/c1-23-14-4-2-3-11(8-14)15(9-18)17(22)20-13-5-6-16-12(7-13)10-19-21-16/h2-8,10,15H,9,18H2,1H3,(H,19,21)(H,20,22). The van der Waals surface area contributed by atoms with Gasteiger partial charge in [-0.1, -0.05) is 12.1 Å². The van der Waals surface area contributed by atoms with Crippen LogP contribution in [0.2, 0.25) is 0 Å². The number of carbonyl (C=O) groups is 1. The fraction of sp³-hybridized carbons (Fsp3) is 0.176. The van der Waals surface area contributed by atoms with E-state index in [2.05, 4.69) is 15.5 Å². The molecule has 0 fully saturated rings. The van der Waals surface area contributed by atoms with E-state index in [1.165, 1.54) is 0 Å². The van der Waals surface area contributed by atoms with Crippen molar-refractivity contribution in [2.24, 2.45) is 5.73 Å². The lowest BCUT2D eigenvalue weighted by molar-refractivity contribution is -0.117. The summed E-state index contributed by atoms with van der Waals surface area (Å²) in [5, 5.41) is 10.7. The molecule has 118 valence electrons. The number of nitrogens with one attached hydrogen (secondary N) is 2. The van der Waals surface area contributed by atoms with Crippen molar-refractivity contribution in [1.29, 1.82) is 0 Å². The number of hydrogen-bond donors (Lipinski definition) is 3. The maximum Gasteiger partial charge on any atom is 0.233 e. The molecule has 0 bridgehead atoms. The van der Waals surface area contributed by atoms with Gasteiger partial charge in [0.1, 0.15) is 5.75 Å². The number of methoxy groups -OCH3 is 1. The van der Waals surface area contributed by atoms with E-state index in [0.29, 0.717) is 11.4 Å². The van der Waals surface area contributed by atoms with E-state index in [-0.39, 0.29) is 12.5 Å². The van der Waals surface area contributed by atoms with Crippen LogP contribution in [0.3, 0.4) is 0 Å². The second-order valence-electron chi connectivity index (χ2n) is 5.23. The molecule has 4 N–H and O–H groups in total. The summed E-state index contributed by atoms with van der Waals surface area (Å²) < 4.78 is 5.20. The number of carbonyl (C=O) groups excluding carboxylic acids is 1. The highest BCUT2D eigenvalue weighted by molar-refractivity contribution is 5.97. The van der Waals surface area contributed by atoms with Crippen molar-refractivity contribution in [2.75, 3.05) is 19.0 Å². The van der Waals surface area contributed by atoms with Crippen LogP contribution in [0.15, 0.2) is 48.7 Å². The SMILES string of the molecule is COc1cccc(C(CN)C(=O)Nc2ccc3[nH]ncc3c2)c1. The average molecular weight is 310 g/mol. The quantitative estimate of drug-likeness (QED) is 0.674. The zero-order chi connectivity index (χ0) is 16.2. The Morgan fingerprint density at radius 1 is 1.35 bits per heavy atom.